The highest BCUT2D eigenvalue weighted by Crippen LogP contribution is 2.28. The number of carbonyl (C=O) groups excluding carboxylic acids is 1. The summed E-state index contributed by atoms with van der Waals surface area (Å²) in [6, 6.07) is 4.98. The molecule has 0 aliphatic carbocycles. The number of alkyl halides is 2. The smallest absolute Gasteiger partial charge is 0.319 e. The number of aryl methyl sites for hydroxylation is 1. The number of nitrogens with zero attached hydrogens (tertiary/aromatic N) is 5. The summed E-state index contributed by atoms with van der Waals surface area (Å²) in [5.74, 6) is 0.126. The molecule has 0 saturated carbocycles. The van der Waals surface area contributed by atoms with Crippen molar-refractivity contribution in [1.29, 1.82) is 0 Å². The van der Waals surface area contributed by atoms with E-state index in [0.717, 1.165) is 0 Å². The van der Waals surface area contributed by atoms with Gasteiger partial charge < -0.3 is 13.8 Å². The first-order valence-electron chi connectivity index (χ1n) is 8.32. The second-order valence-corrected chi connectivity index (χ2v) is 6.17. The van der Waals surface area contributed by atoms with Gasteiger partial charge in [-0.2, -0.15) is 8.78 Å². The standard InChI is InChI=1S/C18H15F2N5O3/c1-10-15-11(8-12(13-4-3-7-27-13)22-16(15)28-23-10)17(26)24(2)9-14-21-5-6-25(14)18(19)20/h3-8,18H,9H2,1-2H3. The zero-order valence-corrected chi connectivity index (χ0v) is 15.0. The highest BCUT2D eigenvalue weighted by atomic mass is 19.3. The topological polar surface area (TPSA) is 90.2 Å². The van der Waals surface area contributed by atoms with Crippen LogP contribution in [0.2, 0.25) is 0 Å². The second kappa shape index (κ2) is 6.87. The first-order chi connectivity index (χ1) is 13.5. The van der Waals surface area contributed by atoms with Crippen LogP contribution in [0, 0.1) is 6.92 Å². The lowest BCUT2D eigenvalue weighted by molar-refractivity contribution is 0.0613. The van der Waals surface area contributed by atoms with Gasteiger partial charge in [0.2, 0.25) is 0 Å². The summed E-state index contributed by atoms with van der Waals surface area (Å²) in [6.07, 6.45) is 3.93. The van der Waals surface area contributed by atoms with Gasteiger partial charge in [0, 0.05) is 19.4 Å². The molecule has 0 saturated heterocycles. The van der Waals surface area contributed by atoms with Gasteiger partial charge in [0.25, 0.3) is 11.6 Å². The molecule has 0 aromatic carbocycles. The SMILES string of the molecule is Cc1noc2nc(-c3ccco3)cc(C(=O)N(C)Cc3nccn3C(F)F)c12. The van der Waals surface area contributed by atoms with E-state index in [0.29, 0.717) is 27.1 Å². The third-order valence-corrected chi connectivity index (χ3v) is 4.31. The van der Waals surface area contributed by atoms with Crippen LogP contribution in [0.1, 0.15) is 28.4 Å². The van der Waals surface area contributed by atoms with E-state index in [-0.39, 0.29) is 23.6 Å². The predicted molar refractivity (Wildman–Crippen MR) is 93.5 cm³/mol. The quantitative estimate of drug-likeness (QED) is 0.519. The van der Waals surface area contributed by atoms with Gasteiger partial charge in [-0.05, 0) is 25.1 Å². The number of furan rings is 1. The van der Waals surface area contributed by atoms with Crippen molar-refractivity contribution in [1.82, 2.24) is 24.6 Å². The van der Waals surface area contributed by atoms with E-state index in [1.54, 1.807) is 25.1 Å². The monoisotopic (exact) mass is 387 g/mol. The lowest BCUT2D eigenvalue weighted by Gasteiger charge is -2.18. The zero-order chi connectivity index (χ0) is 19.8. The third kappa shape index (κ3) is 3.02. The van der Waals surface area contributed by atoms with Crippen LogP contribution in [0.5, 0.6) is 0 Å². The number of pyridine rings is 1. The molecule has 0 radical (unpaired) electrons. The third-order valence-electron chi connectivity index (χ3n) is 4.31. The number of fused-ring (bicyclic) bond motifs is 1. The average molecular weight is 387 g/mol. The summed E-state index contributed by atoms with van der Waals surface area (Å²) in [5, 5.41) is 4.34. The van der Waals surface area contributed by atoms with Crippen molar-refractivity contribution in [2.75, 3.05) is 7.05 Å². The Bertz CT molecular complexity index is 1130. The number of hydrogen-bond donors (Lipinski definition) is 0. The fourth-order valence-electron chi connectivity index (χ4n) is 2.95. The molecule has 0 aliphatic rings. The lowest BCUT2D eigenvalue weighted by atomic mass is 10.1. The number of carbonyl (C=O) groups is 1. The Hall–Kier alpha value is -3.56. The first-order valence-corrected chi connectivity index (χ1v) is 8.32. The van der Waals surface area contributed by atoms with Crippen LogP contribution in [0.3, 0.4) is 0 Å². The predicted octanol–water partition coefficient (Wildman–Crippen LogP) is 3.66. The summed E-state index contributed by atoms with van der Waals surface area (Å²) in [6.45, 7) is -1.14. The van der Waals surface area contributed by atoms with E-state index in [2.05, 4.69) is 15.1 Å². The lowest BCUT2D eigenvalue weighted by Crippen LogP contribution is -2.28. The average Bonchev–Trinajstić information content (AvgIpc) is 3.41. The molecule has 4 aromatic heterocycles. The Kier molecular flexibility index (Phi) is 4.38. The first kappa shape index (κ1) is 17.8. The molecule has 8 nitrogen and oxygen atoms in total. The largest absolute Gasteiger partial charge is 0.463 e. The molecule has 28 heavy (non-hydrogen) atoms. The van der Waals surface area contributed by atoms with E-state index in [1.165, 1.54) is 30.6 Å². The maximum Gasteiger partial charge on any atom is 0.319 e. The van der Waals surface area contributed by atoms with Crippen molar-refractivity contribution in [3.63, 3.8) is 0 Å². The van der Waals surface area contributed by atoms with E-state index in [4.69, 9.17) is 8.94 Å². The Morgan fingerprint density at radius 2 is 2.21 bits per heavy atom. The van der Waals surface area contributed by atoms with Crippen LogP contribution in [-0.2, 0) is 6.54 Å². The molecule has 0 unspecified atom stereocenters. The highest BCUT2D eigenvalue weighted by molar-refractivity contribution is 6.06. The van der Waals surface area contributed by atoms with Gasteiger partial charge in [-0.1, -0.05) is 5.16 Å². The molecular weight excluding hydrogens is 372 g/mol. The molecule has 1 amide bonds. The Morgan fingerprint density at radius 3 is 2.93 bits per heavy atom. The van der Waals surface area contributed by atoms with Gasteiger partial charge in [-0.3, -0.25) is 9.36 Å². The Morgan fingerprint density at radius 1 is 1.39 bits per heavy atom. The van der Waals surface area contributed by atoms with Crippen molar-refractivity contribution in [3.8, 4) is 11.5 Å². The molecule has 0 fully saturated rings. The van der Waals surface area contributed by atoms with Gasteiger partial charge in [-0.15, -0.1) is 0 Å². The summed E-state index contributed by atoms with van der Waals surface area (Å²) in [5.41, 5.74) is 1.38. The van der Waals surface area contributed by atoms with Crippen LogP contribution >= 0.6 is 0 Å². The van der Waals surface area contributed by atoms with Crippen molar-refractivity contribution >= 4 is 17.0 Å². The van der Waals surface area contributed by atoms with Crippen molar-refractivity contribution in [2.45, 2.75) is 20.0 Å². The van der Waals surface area contributed by atoms with Gasteiger partial charge in [0.05, 0.1) is 29.5 Å². The number of halogens is 2. The Balaban J connectivity index is 1.73. The number of aromatic nitrogens is 4. The van der Waals surface area contributed by atoms with E-state index < -0.39 is 12.5 Å². The van der Waals surface area contributed by atoms with Crippen LogP contribution in [0.15, 0.2) is 45.8 Å². The molecule has 4 rings (SSSR count). The summed E-state index contributed by atoms with van der Waals surface area (Å²) < 4.78 is 37.4. The van der Waals surface area contributed by atoms with E-state index in [9.17, 15) is 13.6 Å². The fourth-order valence-corrected chi connectivity index (χ4v) is 2.95. The van der Waals surface area contributed by atoms with Crippen molar-refractivity contribution in [2.24, 2.45) is 0 Å². The van der Waals surface area contributed by atoms with Crippen molar-refractivity contribution in [3.05, 3.63) is 53.9 Å². The zero-order valence-electron chi connectivity index (χ0n) is 15.0. The minimum Gasteiger partial charge on any atom is -0.463 e. The van der Waals surface area contributed by atoms with Crippen LogP contribution in [0.4, 0.5) is 8.78 Å². The fraction of sp³-hybridized carbons (Fsp3) is 0.222. The normalized spacial score (nSPS) is 11.5. The van der Waals surface area contributed by atoms with E-state index >= 15 is 0 Å². The minimum atomic E-state index is -2.74. The minimum absolute atomic E-state index is 0.0736. The molecule has 10 heteroatoms. The van der Waals surface area contributed by atoms with Gasteiger partial charge in [0.15, 0.2) is 5.76 Å². The number of amides is 1. The molecule has 4 heterocycles. The molecule has 4 aromatic rings. The Labute approximate surface area is 157 Å². The van der Waals surface area contributed by atoms with Crippen LogP contribution < -0.4 is 0 Å². The van der Waals surface area contributed by atoms with Gasteiger partial charge in [-0.25, -0.2) is 9.97 Å². The number of hydrogen-bond acceptors (Lipinski definition) is 6. The summed E-state index contributed by atoms with van der Waals surface area (Å²) in [7, 11) is 1.51. The maximum absolute atomic E-state index is 13.1. The molecule has 0 aliphatic heterocycles. The maximum atomic E-state index is 13.1. The molecule has 0 N–H and O–H groups in total. The van der Waals surface area contributed by atoms with Gasteiger partial charge >= 0.3 is 6.55 Å². The van der Waals surface area contributed by atoms with Gasteiger partial charge in [0.1, 0.15) is 11.5 Å². The van der Waals surface area contributed by atoms with Crippen molar-refractivity contribution < 1.29 is 22.5 Å². The second-order valence-electron chi connectivity index (χ2n) is 6.17. The summed E-state index contributed by atoms with van der Waals surface area (Å²) in [4.78, 5) is 22.7. The molecule has 0 bridgehead atoms. The number of rotatable bonds is 5. The highest BCUT2D eigenvalue weighted by Gasteiger charge is 2.24. The molecule has 0 spiro atoms. The van der Waals surface area contributed by atoms with Crippen LogP contribution in [-0.4, -0.2) is 37.5 Å². The molecule has 144 valence electrons. The van der Waals surface area contributed by atoms with Crippen LogP contribution in [0.25, 0.3) is 22.6 Å². The molecular formula is C18H15F2N5O3. The molecule has 0 atom stereocenters. The summed E-state index contributed by atoms with van der Waals surface area (Å²) >= 11 is 0. The number of imidazole rings is 1. The van der Waals surface area contributed by atoms with E-state index in [1.807, 2.05) is 0 Å².